The van der Waals surface area contributed by atoms with Crippen LogP contribution in [0.4, 0.5) is 4.39 Å². The fourth-order valence-corrected chi connectivity index (χ4v) is 5.33. The zero-order valence-corrected chi connectivity index (χ0v) is 16.2. The van der Waals surface area contributed by atoms with E-state index < -0.39 is 6.04 Å². The van der Waals surface area contributed by atoms with Gasteiger partial charge in [-0.25, -0.2) is 4.39 Å². The molecule has 5 nitrogen and oxygen atoms in total. The number of nitrogens with zero attached hydrogens (tertiary/aromatic N) is 2. The van der Waals surface area contributed by atoms with Crippen molar-refractivity contribution in [3.63, 3.8) is 0 Å². The molecule has 1 unspecified atom stereocenters. The number of hydrogen-bond acceptors (Lipinski definition) is 4. The van der Waals surface area contributed by atoms with Crippen molar-refractivity contribution < 1.29 is 14.0 Å². The maximum atomic E-state index is 13.8. The number of piperidine rings is 1. The molecule has 2 amide bonds. The maximum absolute atomic E-state index is 13.8. The Kier molecular flexibility index (Phi) is 5.87. The summed E-state index contributed by atoms with van der Waals surface area (Å²) < 4.78 is 13.8. The van der Waals surface area contributed by atoms with E-state index in [4.69, 9.17) is 0 Å². The predicted octanol–water partition coefficient (Wildman–Crippen LogP) is 2.22. The van der Waals surface area contributed by atoms with E-state index in [1.165, 1.54) is 6.07 Å². The molecule has 3 rings (SSSR count). The van der Waals surface area contributed by atoms with Crippen LogP contribution in [0, 0.1) is 5.82 Å². The minimum atomic E-state index is -0.484. The number of rotatable bonds is 4. The van der Waals surface area contributed by atoms with Gasteiger partial charge >= 0.3 is 0 Å². The van der Waals surface area contributed by atoms with Gasteiger partial charge in [0.15, 0.2) is 0 Å². The molecule has 1 aromatic rings. The third-order valence-corrected chi connectivity index (χ3v) is 6.94. The van der Waals surface area contributed by atoms with Gasteiger partial charge in [0.05, 0.1) is 4.87 Å². The van der Waals surface area contributed by atoms with Crippen molar-refractivity contribution >= 4 is 23.6 Å². The molecule has 142 valence electrons. The Labute approximate surface area is 158 Å². The van der Waals surface area contributed by atoms with Gasteiger partial charge in [0.2, 0.25) is 11.8 Å². The second-order valence-corrected chi connectivity index (χ2v) is 8.38. The summed E-state index contributed by atoms with van der Waals surface area (Å²) in [7, 11) is 2.08. The van der Waals surface area contributed by atoms with Crippen LogP contribution < -0.4 is 5.32 Å². The summed E-state index contributed by atoms with van der Waals surface area (Å²) in [6.07, 6.45) is 2.13. The molecule has 1 spiro atoms. The molecule has 26 heavy (non-hydrogen) atoms. The molecule has 1 atom stereocenters. The monoisotopic (exact) mass is 379 g/mol. The van der Waals surface area contributed by atoms with Crippen molar-refractivity contribution in [3.8, 4) is 0 Å². The van der Waals surface area contributed by atoms with Crippen molar-refractivity contribution in [2.75, 3.05) is 25.9 Å². The second kappa shape index (κ2) is 7.96. The summed E-state index contributed by atoms with van der Waals surface area (Å²) in [5.41, 5.74) is 0.453. The normalized spacial score (nSPS) is 22.6. The van der Waals surface area contributed by atoms with Crippen LogP contribution in [0.3, 0.4) is 0 Å². The molecular weight excluding hydrogens is 353 g/mol. The number of carbonyl (C=O) groups is 2. The highest BCUT2D eigenvalue weighted by Crippen LogP contribution is 2.46. The number of carbonyl (C=O) groups excluding carboxylic acids is 2. The van der Waals surface area contributed by atoms with Gasteiger partial charge in [-0.15, -0.1) is 11.8 Å². The number of hydrogen-bond donors (Lipinski definition) is 1. The fraction of sp³-hybridized carbons (Fsp3) is 0.579. The molecular formula is C19H26FN3O2S. The Morgan fingerprint density at radius 1 is 1.31 bits per heavy atom. The van der Waals surface area contributed by atoms with Gasteiger partial charge in [-0.3, -0.25) is 9.59 Å². The quantitative estimate of drug-likeness (QED) is 0.872. The Morgan fingerprint density at radius 2 is 2.00 bits per heavy atom. The second-order valence-electron chi connectivity index (χ2n) is 7.00. The van der Waals surface area contributed by atoms with E-state index in [1.54, 1.807) is 30.0 Å². The first-order valence-corrected chi connectivity index (χ1v) is 10.1. The average Bonchev–Trinajstić information content (AvgIpc) is 3.02. The highest BCUT2D eigenvalue weighted by Gasteiger charge is 2.52. The van der Waals surface area contributed by atoms with Gasteiger partial charge in [-0.1, -0.05) is 25.1 Å². The minimum Gasteiger partial charge on any atom is -0.350 e. The average molecular weight is 380 g/mol. The van der Waals surface area contributed by atoms with Crippen LogP contribution in [-0.2, 0) is 16.1 Å². The van der Waals surface area contributed by atoms with Gasteiger partial charge in [-0.2, -0.15) is 0 Å². The molecule has 2 aliphatic heterocycles. The molecule has 0 bridgehead atoms. The number of thioether (sulfide) groups is 1. The number of amides is 2. The maximum Gasteiger partial charge on any atom is 0.243 e. The lowest BCUT2D eigenvalue weighted by molar-refractivity contribution is -0.143. The number of likely N-dealkylation sites (tertiary alicyclic amines) is 1. The van der Waals surface area contributed by atoms with Gasteiger partial charge in [0.25, 0.3) is 0 Å². The zero-order valence-electron chi connectivity index (χ0n) is 15.3. The van der Waals surface area contributed by atoms with Crippen LogP contribution in [-0.4, -0.2) is 58.4 Å². The standard InChI is InChI=1S/C19H26FN3O2S/c1-3-17(24)23-16(13-26-19(23)8-10-22(2)11-9-19)18(25)21-12-14-6-4-5-7-15(14)20/h4-7,16H,3,8-13H2,1-2H3,(H,21,25). The molecule has 7 heteroatoms. The van der Waals surface area contributed by atoms with Crippen molar-refractivity contribution in [2.24, 2.45) is 0 Å². The molecule has 2 fully saturated rings. The number of halogens is 1. The summed E-state index contributed by atoms with van der Waals surface area (Å²) in [4.78, 5) is 29.3. The molecule has 2 aliphatic rings. The molecule has 0 aromatic heterocycles. The van der Waals surface area contributed by atoms with E-state index in [-0.39, 0.29) is 29.0 Å². The van der Waals surface area contributed by atoms with Crippen molar-refractivity contribution in [1.82, 2.24) is 15.1 Å². The van der Waals surface area contributed by atoms with Crippen LogP contribution in [0.1, 0.15) is 31.7 Å². The van der Waals surface area contributed by atoms with Crippen LogP contribution in [0.15, 0.2) is 24.3 Å². The molecule has 0 radical (unpaired) electrons. The van der Waals surface area contributed by atoms with Crippen LogP contribution in [0.5, 0.6) is 0 Å². The summed E-state index contributed by atoms with van der Waals surface area (Å²) in [5, 5.41) is 2.82. The van der Waals surface area contributed by atoms with E-state index >= 15 is 0 Å². The first kappa shape index (κ1) is 19.2. The van der Waals surface area contributed by atoms with Gasteiger partial charge in [-0.05, 0) is 26.0 Å². The summed E-state index contributed by atoms with van der Waals surface area (Å²) in [6.45, 7) is 3.81. The molecule has 1 aromatic carbocycles. The summed E-state index contributed by atoms with van der Waals surface area (Å²) in [5.74, 6) is 0.0873. The van der Waals surface area contributed by atoms with Crippen LogP contribution in [0.2, 0.25) is 0 Å². The predicted molar refractivity (Wildman–Crippen MR) is 101 cm³/mol. The van der Waals surface area contributed by atoms with Crippen LogP contribution >= 0.6 is 11.8 Å². The van der Waals surface area contributed by atoms with Crippen molar-refractivity contribution in [3.05, 3.63) is 35.6 Å². The molecule has 0 aliphatic carbocycles. The summed E-state index contributed by atoms with van der Waals surface area (Å²) >= 11 is 1.72. The molecule has 1 N–H and O–H groups in total. The topological polar surface area (TPSA) is 52.7 Å². The van der Waals surface area contributed by atoms with Gasteiger partial charge < -0.3 is 15.1 Å². The lowest BCUT2D eigenvalue weighted by Crippen LogP contribution is -2.57. The van der Waals surface area contributed by atoms with Crippen molar-refractivity contribution in [2.45, 2.75) is 43.6 Å². The van der Waals surface area contributed by atoms with E-state index in [2.05, 4.69) is 17.3 Å². The lowest BCUT2D eigenvalue weighted by atomic mass is 10.00. The Morgan fingerprint density at radius 3 is 2.65 bits per heavy atom. The molecule has 2 saturated heterocycles. The van der Waals surface area contributed by atoms with E-state index in [0.29, 0.717) is 17.7 Å². The Balaban J connectivity index is 1.72. The summed E-state index contributed by atoms with van der Waals surface area (Å²) in [6, 6.07) is 5.93. The minimum absolute atomic E-state index is 0.0191. The van der Waals surface area contributed by atoms with Crippen LogP contribution in [0.25, 0.3) is 0 Å². The first-order valence-electron chi connectivity index (χ1n) is 9.12. The van der Waals surface area contributed by atoms with E-state index in [1.807, 2.05) is 11.8 Å². The first-order chi connectivity index (χ1) is 12.5. The van der Waals surface area contributed by atoms with E-state index in [9.17, 15) is 14.0 Å². The Bertz CT molecular complexity index is 677. The SMILES string of the molecule is CCC(=O)N1C(C(=O)NCc2ccccc2F)CSC12CCN(C)CC2. The fourth-order valence-electron chi connectivity index (χ4n) is 3.72. The van der Waals surface area contributed by atoms with E-state index in [0.717, 1.165) is 25.9 Å². The highest BCUT2D eigenvalue weighted by atomic mass is 32.2. The smallest absolute Gasteiger partial charge is 0.243 e. The highest BCUT2D eigenvalue weighted by molar-refractivity contribution is 8.01. The number of nitrogens with one attached hydrogen (secondary N) is 1. The number of benzene rings is 1. The largest absolute Gasteiger partial charge is 0.350 e. The lowest BCUT2D eigenvalue weighted by Gasteiger charge is -2.44. The van der Waals surface area contributed by atoms with Gasteiger partial charge in [0, 0.05) is 37.4 Å². The zero-order chi connectivity index (χ0) is 18.7. The molecule has 0 saturated carbocycles. The van der Waals surface area contributed by atoms with Crippen molar-refractivity contribution in [1.29, 1.82) is 0 Å². The third kappa shape index (κ3) is 3.74. The molecule has 2 heterocycles. The van der Waals surface area contributed by atoms with Gasteiger partial charge in [0.1, 0.15) is 11.9 Å². The Hall–Kier alpha value is -1.60. The third-order valence-electron chi connectivity index (χ3n) is 5.31.